The van der Waals surface area contributed by atoms with E-state index >= 15 is 0 Å². The topological polar surface area (TPSA) is 35.5 Å². The fourth-order valence-electron chi connectivity index (χ4n) is 1.68. The Morgan fingerprint density at radius 3 is 2.00 bits per heavy atom. The van der Waals surface area contributed by atoms with Gasteiger partial charge >= 0.3 is 0 Å². The summed E-state index contributed by atoms with van der Waals surface area (Å²) in [5, 5.41) is 0. The third-order valence-corrected chi connectivity index (χ3v) is 2.38. The van der Waals surface area contributed by atoms with Crippen LogP contribution < -0.4 is 9.47 Å². The molecule has 0 saturated carbocycles. The molecule has 0 fully saturated rings. The lowest BCUT2D eigenvalue weighted by atomic mass is 9.99. The number of hydrogen-bond donors (Lipinski definition) is 0. The standard InChI is InChI=1S/C13H18O3/c1-9(2)5-11-12(15-3)6-10(8-14)7-13(11)16-4/h6-9H,5H2,1-4H3. The molecule has 0 bridgehead atoms. The molecule has 16 heavy (non-hydrogen) atoms. The Balaban J connectivity index is 3.25. The van der Waals surface area contributed by atoms with E-state index in [1.807, 2.05) is 0 Å². The van der Waals surface area contributed by atoms with Crippen molar-refractivity contribution in [1.82, 2.24) is 0 Å². The predicted molar refractivity (Wildman–Crippen MR) is 63.5 cm³/mol. The third kappa shape index (κ3) is 2.75. The molecule has 88 valence electrons. The quantitative estimate of drug-likeness (QED) is 0.718. The van der Waals surface area contributed by atoms with Gasteiger partial charge in [0.2, 0.25) is 0 Å². The first-order chi connectivity index (χ1) is 7.62. The van der Waals surface area contributed by atoms with Crippen LogP contribution in [-0.4, -0.2) is 20.5 Å². The van der Waals surface area contributed by atoms with E-state index in [9.17, 15) is 4.79 Å². The first-order valence-corrected chi connectivity index (χ1v) is 5.32. The second-order valence-electron chi connectivity index (χ2n) is 4.12. The van der Waals surface area contributed by atoms with E-state index < -0.39 is 0 Å². The predicted octanol–water partition coefficient (Wildman–Crippen LogP) is 2.71. The second kappa shape index (κ2) is 5.54. The summed E-state index contributed by atoms with van der Waals surface area (Å²) in [7, 11) is 3.21. The van der Waals surface area contributed by atoms with Crippen LogP contribution in [0.1, 0.15) is 29.8 Å². The Labute approximate surface area is 96.4 Å². The van der Waals surface area contributed by atoms with Crippen molar-refractivity contribution in [3.8, 4) is 11.5 Å². The zero-order valence-electron chi connectivity index (χ0n) is 10.2. The fourth-order valence-corrected chi connectivity index (χ4v) is 1.68. The van der Waals surface area contributed by atoms with Crippen molar-refractivity contribution in [2.24, 2.45) is 5.92 Å². The van der Waals surface area contributed by atoms with Crippen molar-refractivity contribution in [2.75, 3.05) is 14.2 Å². The summed E-state index contributed by atoms with van der Waals surface area (Å²) in [6, 6.07) is 3.49. The van der Waals surface area contributed by atoms with E-state index in [0.717, 1.165) is 29.8 Å². The van der Waals surface area contributed by atoms with Crippen LogP contribution in [0.5, 0.6) is 11.5 Å². The Morgan fingerprint density at radius 1 is 1.19 bits per heavy atom. The van der Waals surface area contributed by atoms with E-state index in [1.165, 1.54) is 0 Å². The number of carbonyl (C=O) groups is 1. The number of ether oxygens (including phenoxy) is 2. The number of hydrogen-bond acceptors (Lipinski definition) is 3. The molecule has 0 aliphatic rings. The lowest BCUT2D eigenvalue weighted by molar-refractivity contribution is 0.112. The highest BCUT2D eigenvalue weighted by Crippen LogP contribution is 2.32. The Bertz CT molecular complexity index is 344. The zero-order chi connectivity index (χ0) is 12.1. The Morgan fingerprint density at radius 2 is 1.69 bits per heavy atom. The summed E-state index contributed by atoms with van der Waals surface area (Å²) in [4.78, 5) is 10.8. The van der Waals surface area contributed by atoms with Gasteiger partial charge in [-0.3, -0.25) is 4.79 Å². The Hall–Kier alpha value is -1.51. The van der Waals surface area contributed by atoms with Gasteiger partial charge in [0.15, 0.2) is 0 Å². The first-order valence-electron chi connectivity index (χ1n) is 5.32. The van der Waals surface area contributed by atoms with E-state index in [1.54, 1.807) is 26.4 Å². The van der Waals surface area contributed by atoms with Gasteiger partial charge in [-0.1, -0.05) is 13.8 Å². The van der Waals surface area contributed by atoms with Crippen molar-refractivity contribution in [1.29, 1.82) is 0 Å². The minimum absolute atomic E-state index is 0.505. The molecule has 3 nitrogen and oxygen atoms in total. The van der Waals surface area contributed by atoms with Crippen LogP contribution >= 0.6 is 0 Å². The fraction of sp³-hybridized carbons (Fsp3) is 0.462. The molecule has 0 heterocycles. The molecule has 3 heteroatoms. The number of carbonyl (C=O) groups excluding carboxylic acids is 1. The Kier molecular flexibility index (Phi) is 4.35. The summed E-state index contributed by atoms with van der Waals surface area (Å²) in [5.41, 5.74) is 1.59. The molecule has 0 aliphatic carbocycles. The lowest BCUT2D eigenvalue weighted by Crippen LogP contribution is -2.02. The van der Waals surface area contributed by atoms with E-state index in [0.29, 0.717) is 11.5 Å². The van der Waals surface area contributed by atoms with Gasteiger partial charge in [0.1, 0.15) is 17.8 Å². The molecule has 1 aromatic rings. The molecule has 0 saturated heterocycles. The number of methoxy groups -OCH3 is 2. The van der Waals surface area contributed by atoms with Gasteiger partial charge in [-0.25, -0.2) is 0 Å². The number of benzene rings is 1. The summed E-state index contributed by atoms with van der Waals surface area (Å²) >= 11 is 0. The molecule has 0 aromatic heterocycles. The molecule has 0 N–H and O–H groups in total. The summed E-state index contributed by atoms with van der Waals surface area (Å²) < 4.78 is 10.6. The summed E-state index contributed by atoms with van der Waals surface area (Å²) in [5.74, 6) is 1.94. The van der Waals surface area contributed by atoms with E-state index in [2.05, 4.69) is 13.8 Å². The average molecular weight is 222 g/mol. The molecule has 1 aromatic carbocycles. The van der Waals surface area contributed by atoms with Crippen molar-refractivity contribution >= 4 is 6.29 Å². The molecule has 1 rings (SSSR count). The van der Waals surface area contributed by atoms with Gasteiger partial charge in [-0.15, -0.1) is 0 Å². The molecule has 0 aliphatic heterocycles. The van der Waals surface area contributed by atoms with Gasteiger partial charge in [-0.2, -0.15) is 0 Å². The van der Waals surface area contributed by atoms with Crippen LogP contribution in [-0.2, 0) is 6.42 Å². The van der Waals surface area contributed by atoms with E-state index in [4.69, 9.17) is 9.47 Å². The summed E-state index contributed by atoms with van der Waals surface area (Å²) in [6.07, 6.45) is 1.66. The third-order valence-electron chi connectivity index (χ3n) is 2.38. The SMILES string of the molecule is COc1cc(C=O)cc(OC)c1CC(C)C. The van der Waals surface area contributed by atoms with Gasteiger partial charge < -0.3 is 9.47 Å². The van der Waals surface area contributed by atoms with Crippen molar-refractivity contribution in [2.45, 2.75) is 20.3 Å². The maximum absolute atomic E-state index is 10.8. The second-order valence-corrected chi connectivity index (χ2v) is 4.12. The minimum Gasteiger partial charge on any atom is -0.496 e. The molecular formula is C13H18O3. The molecule has 0 spiro atoms. The number of rotatable bonds is 5. The largest absolute Gasteiger partial charge is 0.496 e. The normalized spacial score (nSPS) is 10.3. The lowest BCUT2D eigenvalue weighted by Gasteiger charge is -2.15. The number of aldehydes is 1. The maximum atomic E-state index is 10.8. The highest BCUT2D eigenvalue weighted by atomic mass is 16.5. The van der Waals surface area contributed by atoms with Gasteiger partial charge in [0.05, 0.1) is 14.2 Å². The monoisotopic (exact) mass is 222 g/mol. The first kappa shape index (κ1) is 12.6. The van der Waals surface area contributed by atoms with Gasteiger partial charge in [-0.05, 0) is 24.5 Å². The van der Waals surface area contributed by atoms with Crippen LogP contribution in [0.2, 0.25) is 0 Å². The maximum Gasteiger partial charge on any atom is 0.150 e. The highest BCUT2D eigenvalue weighted by molar-refractivity contribution is 5.77. The molecule has 0 radical (unpaired) electrons. The molecule has 0 unspecified atom stereocenters. The van der Waals surface area contributed by atoms with Crippen LogP contribution in [0.4, 0.5) is 0 Å². The van der Waals surface area contributed by atoms with Crippen molar-refractivity contribution in [3.05, 3.63) is 23.3 Å². The van der Waals surface area contributed by atoms with Crippen LogP contribution in [0, 0.1) is 5.92 Å². The zero-order valence-corrected chi connectivity index (χ0v) is 10.2. The average Bonchev–Trinajstić information content (AvgIpc) is 2.28. The minimum atomic E-state index is 0.505. The van der Waals surface area contributed by atoms with Gasteiger partial charge in [0, 0.05) is 11.1 Å². The van der Waals surface area contributed by atoms with Gasteiger partial charge in [0.25, 0.3) is 0 Å². The molecule has 0 atom stereocenters. The molecule has 0 amide bonds. The van der Waals surface area contributed by atoms with Crippen LogP contribution in [0.15, 0.2) is 12.1 Å². The van der Waals surface area contributed by atoms with Crippen molar-refractivity contribution in [3.63, 3.8) is 0 Å². The van der Waals surface area contributed by atoms with Crippen molar-refractivity contribution < 1.29 is 14.3 Å². The summed E-state index contributed by atoms with van der Waals surface area (Å²) in [6.45, 7) is 4.26. The smallest absolute Gasteiger partial charge is 0.150 e. The highest BCUT2D eigenvalue weighted by Gasteiger charge is 2.13. The molecular weight excluding hydrogens is 204 g/mol. The van der Waals surface area contributed by atoms with Crippen LogP contribution in [0.3, 0.4) is 0 Å². The van der Waals surface area contributed by atoms with E-state index in [-0.39, 0.29) is 0 Å². The van der Waals surface area contributed by atoms with Crippen LogP contribution in [0.25, 0.3) is 0 Å².